The van der Waals surface area contributed by atoms with Gasteiger partial charge in [-0.05, 0) is 116 Å². The fraction of sp³-hybridized carbons (Fsp3) is 0. The molecular formula is C58H37NS2. The van der Waals surface area contributed by atoms with E-state index in [0.29, 0.717) is 0 Å². The quantitative estimate of drug-likeness (QED) is 0.155. The lowest BCUT2D eigenvalue weighted by molar-refractivity contribution is 1.28. The third-order valence-corrected chi connectivity index (χ3v) is 14.4. The maximum Gasteiger partial charge on any atom is 0.0540 e. The minimum absolute atomic E-state index is 1.10. The molecule has 2 heterocycles. The summed E-state index contributed by atoms with van der Waals surface area (Å²) < 4.78 is 5.29. The molecule has 0 aliphatic heterocycles. The van der Waals surface area contributed by atoms with Gasteiger partial charge in [0.15, 0.2) is 0 Å². The zero-order valence-electron chi connectivity index (χ0n) is 33.1. The van der Waals surface area contributed by atoms with Gasteiger partial charge in [-0.15, -0.1) is 22.7 Å². The fourth-order valence-corrected chi connectivity index (χ4v) is 11.4. The van der Waals surface area contributed by atoms with Crippen molar-refractivity contribution in [3.05, 3.63) is 224 Å². The van der Waals surface area contributed by atoms with Crippen molar-refractivity contribution in [1.82, 2.24) is 0 Å². The number of anilines is 3. The lowest BCUT2D eigenvalue weighted by Gasteiger charge is -2.29. The van der Waals surface area contributed by atoms with Crippen LogP contribution in [0.4, 0.5) is 17.1 Å². The molecule has 0 saturated carbocycles. The van der Waals surface area contributed by atoms with E-state index in [1.165, 1.54) is 95.6 Å². The summed E-state index contributed by atoms with van der Waals surface area (Å²) in [6.45, 7) is 0. The topological polar surface area (TPSA) is 3.24 Å². The van der Waals surface area contributed by atoms with Gasteiger partial charge < -0.3 is 4.90 Å². The Hall–Kier alpha value is -7.30. The number of hydrogen-bond donors (Lipinski definition) is 0. The van der Waals surface area contributed by atoms with Crippen LogP contribution in [-0.4, -0.2) is 0 Å². The van der Waals surface area contributed by atoms with Gasteiger partial charge >= 0.3 is 0 Å². The molecule has 1 nitrogen and oxygen atoms in total. The van der Waals surface area contributed by atoms with Crippen LogP contribution in [-0.2, 0) is 0 Å². The number of thiophene rings is 2. The van der Waals surface area contributed by atoms with Gasteiger partial charge in [0.2, 0.25) is 0 Å². The maximum absolute atomic E-state index is 2.44. The van der Waals surface area contributed by atoms with Gasteiger partial charge in [-0.25, -0.2) is 0 Å². The summed E-state index contributed by atoms with van der Waals surface area (Å²) >= 11 is 3.74. The van der Waals surface area contributed by atoms with Crippen LogP contribution in [0.25, 0.3) is 95.6 Å². The summed E-state index contributed by atoms with van der Waals surface area (Å²) in [6.07, 6.45) is 0. The van der Waals surface area contributed by atoms with E-state index in [-0.39, 0.29) is 0 Å². The van der Waals surface area contributed by atoms with Gasteiger partial charge in [0, 0.05) is 57.3 Å². The minimum Gasteiger partial charge on any atom is -0.310 e. The van der Waals surface area contributed by atoms with Crippen LogP contribution < -0.4 is 4.90 Å². The summed E-state index contributed by atoms with van der Waals surface area (Å²) in [4.78, 5) is 2.44. The van der Waals surface area contributed by atoms with E-state index in [2.05, 4.69) is 229 Å². The first-order valence-corrected chi connectivity index (χ1v) is 22.4. The highest BCUT2D eigenvalue weighted by Crippen LogP contribution is 2.45. The molecule has 0 amide bonds. The molecule has 12 aromatic rings. The predicted molar refractivity (Wildman–Crippen MR) is 266 cm³/mol. The van der Waals surface area contributed by atoms with Crippen molar-refractivity contribution in [2.75, 3.05) is 4.90 Å². The number of hydrogen-bond acceptors (Lipinski definition) is 3. The molecule has 0 N–H and O–H groups in total. The molecule has 3 heteroatoms. The van der Waals surface area contributed by atoms with Crippen LogP contribution >= 0.6 is 22.7 Å². The van der Waals surface area contributed by atoms with Crippen LogP contribution in [0.2, 0.25) is 0 Å². The Morgan fingerprint density at radius 3 is 1.61 bits per heavy atom. The van der Waals surface area contributed by atoms with E-state index in [9.17, 15) is 0 Å². The molecule has 0 aliphatic rings. The number of fused-ring (bicyclic) bond motifs is 7. The largest absolute Gasteiger partial charge is 0.310 e. The maximum atomic E-state index is 2.44. The van der Waals surface area contributed by atoms with Crippen molar-refractivity contribution in [2.24, 2.45) is 0 Å². The molecule has 0 bridgehead atoms. The number of nitrogens with zero attached hydrogens (tertiary/aromatic N) is 1. The summed E-state index contributed by atoms with van der Waals surface area (Å²) in [7, 11) is 0. The Morgan fingerprint density at radius 2 is 0.803 bits per heavy atom. The van der Waals surface area contributed by atoms with Crippen LogP contribution in [0.3, 0.4) is 0 Å². The Labute approximate surface area is 362 Å². The predicted octanol–water partition coefficient (Wildman–Crippen LogP) is 17.7. The van der Waals surface area contributed by atoms with Gasteiger partial charge in [0.1, 0.15) is 0 Å². The average molecular weight is 812 g/mol. The monoisotopic (exact) mass is 811 g/mol. The minimum atomic E-state index is 1.10. The molecule has 0 spiro atoms. The van der Waals surface area contributed by atoms with Gasteiger partial charge in [-0.3, -0.25) is 0 Å². The second kappa shape index (κ2) is 14.8. The Balaban J connectivity index is 1.01. The van der Waals surface area contributed by atoms with E-state index in [4.69, 9.17) is 0 Å². The highest BCUT2D eigenvalue weighted by molar-refractivity contribution is 7.26. The third kappa shape index (κ3) is 6.29. The smallest absolute Gasteiger partial charge is 0.0540 e. The van der Waals surface area contributed by atoms with Crippen molar-refractivity contribution >= 4 is 90.9 Å². The molecule has 0 atom stereocenters. The molecule has 0 unspecified atom stereocenters. The molecule has 61 heavy (non-hydrogen) atoms. The van der Waals surface area contributed by atoms with E-state index in [1.54, 1.807) is 0 Å². The molecule has 0 aliphatic carbocycles. The zero-order valence-corrected chi connectivity index (χ0v) is 34.8. The molecule has 0 saturated heterocycles. The highest BCUT2D eigenvalue weighted by atomic mass is 32.1. The first-order chi connectivity index (χ1) is 30.2. The van der Waals surface area contributed by atoms with Crippen LogP contribution in [0.1, 0.15) is 0 Å². The number of rotatable bonds is 7. The van der Waals surface area contributed by atoms with Crippen molar-refractivity contribution in [3.8, 4) is 44.5 Å². The van der Waals surface area contributed by atoms with Crippen LogP contribution in [0.15, 0.2) is 224 Å². The summed E-state index contributed by atoms with van der Waals surface area (Å²) in [5.74, 6) is 0. The second-order valence-corrected chi connectivity index (χ2v) is 17.8. The fourth-order valence-electron chi connectivity index (χ4n) is 9.09. The first-order valence-electron chi connectivity index (χ1n) is 20.7. The SMILES string of the molecule is c1cc(-c2cccc(N(c3cccc(-c4ccc5sc6ccccc6c5c4)c3)c3ccccc3-c3ccc4ccccc4c3)c2)cc(-c2cccc3c2sc2ccccc23)c1. The Kier molecular flexibility index (Phi) is 8.62. The second-order valence-electron chi connectivity index (χ2n) is 15.7. The third-order valence-electron chi connectivity index (χ3n) is 12.0. The van der Waals surface area contributed by atoms with Gasteiger partial charge in [0.25, 0.3) is 0 Å². The molecule has 2 aromatic heterocycles. The number of para-hydroxylation sites is 1. The highest BCUT2D eigenvalue weighted by Gasteiger charge is 2.19. The average Bonchev–Trinajstić information content (AvgIpc) is 3.90. The molecule has 10 aromatic carbocycles. The van der Waals surface area contributed by atoms with Crippen molar-refractivity contribution < 1.29 is 0 Å². The summed E-state index contributed by atoms with van der Waals surface area (Å²) in [5.41, 5.74) is 12.9. The van der Waals surface area contributed by atoms with Crippen LogP contribution in [0.5, 0.6) is 0 Å². The standard InChI is InChI=1S/C58H37NS2/c1-2-14-39-33-45(30-29-38(39)13-1)48-21-3-6-26-54(48)59(47-20-11-17-42(36-47)43-31-32-57-53(37-43)51-23-5-7-27-55(51)60-57)46-19-10-16-41(35-46)40-15-9-18-44(34-40)49-24-12-25-52-50-22-4-8-28-56(50)61-58(49)52/h1-37H. The van der Waals surface area contributed by atoms with Crippen molar-refractivity contribution in [3.63, 3.8) is 0 Å². The lowest BCUT2D eigenvalue weighted by atomic mass is 9.96. The zero-order chi connectivity index (χ0) is 40.3. The molecule has 0 radical (unpaired) electrons. The van der Waals surface area contributed by atoms with Crippen molar-refractivity contribution in [2.45, 2.75) is 0 Å². The van der Waals surface area contributed by atoms with E-state index >= 15 is 0 Å². The van der Waals surface area contributed by atoms with E-state index in [1.807, 2.05) is 22.7 Å². The summed E-state index contributed by atoms with van der Waals surface area (Å²) in [6, 6.07) is 82.6. The number of benzene rings is 10. The Morgan fingerprint density at radius 1 is 0.279 bits per heavy atom. The van der Waals surface area contributed by atoms with Gasteiger partial charge in [-0.1, -0.05) is 158 Å². The molecule has 12 rings (SSSR count). The van der Waals surface area contributed by atoms with E-state index < -0.39 is 0 Å². The normalized spacial score (nSPS) is 11.6. The molecular weight excluding hydrogens is 775 g/mol. The van der Waals surface area contributed by atoms with Gasteiger partial charge in [-0.2, -0.15) is 0 Å². The van der Waals surface area contributed by atoms with Crippen molar-refractivity contribution in [1.29, 1.82) is 0 Å². The summed E-state index contributed by atoms with van der Waals surface area (Å²) in [5, 5.41) is 7.72. The Bertz CT molecular complexity index is 3630. The van der Waals surface area contributed by atoms with Gasteiger partial charge in [0.05, 0.1) is 5.69 Å². The molecule has 286 valence electrons. The van der Waals surface area contributed by atoms with Crippen LogP contribution in [0, 0.1) is 0 Å². The first kappa shape index (κ1) is 35.6. The van der Waals surface area contributed by atoms with E-state index in [0.717, 1.165) is 17.1 Å². The lowest BCUT2D eigenvalue weighted by Crippen LogP contribution is -2.11. The molecule has 0 fully saturated rings.